The van der Waals surface area contributed by atoms with Crippen LogP contribution in [0.3, 0.4) is 0 Å². The Labute approximate surface area is 107 Å². The molecular formula is C10H14BrNOS2. The van der Waals surface area contributed by atoms with E-state index in [9.17, 15) is 4.79 Å². The molecule has 2 nitrogen and oxygen atoms in total. The first-order valence-electron chi connectivity index (χ1n) is 4.59. The summed E-state index contributed by atoms with van der Waals surface area (Å²) in [5, 5.41) is 2.07. The average Bonchev–Trinajstić information content (AvgIpc) is 2.60. The topological polar surface area (TPSA) is 20.3 Å². The monoisotopic (exact) mass is 307 g/mol. The summed E-state index contributed by atoms with van der Waals surface area (Å²) in [5.41, 5.74) is 1.19. The fraction of sp³-hybridized carbons (Fsp3) is 0.500. The van der Waals surface area contributed by atoms with Gasteiger partial charge in [0.05, 0.1) is 3.79 Å². The average molecular weight is 308 g/mol. The summed E-state index contributed by atoms with van der Waals surface area (Å²) < 4.78 is 1.11. The van der Waals surface area contributed by atoms with Crippen LogP contribution in [0.2, 0.25) is 0 Å². The predicted molar refractivity (Wildman–Crippen MR) is 71.5 cm³/mol. The Balaban J connectivity index is 2.41. The van der Waals surface area contributed by atoms with Gasteiger partial charge in [-0.05, 0) is 39.2 Å². The van der Waals surface area contributed by atoms with E-state index >= 15 is 0 Å². The lowest BCUT2D eigenvalue weighted by Gasteiger charge is -2.15. The van der Waals surface area contributed by atoms with E-state index in [4.69, 9.17) is 0 Å². The van der Waals surface area contributed by atoms with Crippen LogP contribution in [0.1, 0.15) is 12.0 Å². The molecule has 0 saturated carbocycles. The van der Waals surface area contributed by atoms with Crippen LogP contribution in [0.25, 0.3) is 0 Å². The molecule has 0 radical (unpaired) electrons. The molecule has 1 aromatic heterocycles. The number of thioether (sulfide) groups is 1. The minimum atomic E-state index is 0.215. The van der Waals surface area contributed by atoms with Gasteiger partial charge < -0.3 is 4.90 Å². The maximum absolute atomic E-state index is 11.6. The van der Waals surface area contributed by atoms with Crippen LogP contribution in [0.5, 0.6) is 0 Å². The van der Waals surface area contributed by atoms with E-state index in [0.717, 1.165) is 9.54 Å². The smallest absolute Gasteiger partial charge is 0.223 e. The fourth-order valence-corrected chi connectivity index (χ4v) is 2.75. The molecule has 1 heterocycles. The van der Waals surface area contributed by atoms with Gasteiger partial charge in [0.15, 0.2) is 0 Å². The van der Waals surface area contributed by atoms with Crippen molar-refractivity contribution in [1.82, 2.24) is 4.90 Å². The molecule has 0 unspecified atom stereocenters. The van der Waals surface area contributed by atoms with Crippen LogP contribution in [-0.4, -0.2) is 29.9 Å². The van der Waals surface area contributed by atoms with Crippen molar-refractivity contribution in [3.05, 3.63) is 20.8 Å². The van der Waals surface area contributed by atoms with E-state index in [0.29, 0.717) is 13.0 Å². The zero-order valence-corrected chi connectivity index (χ0v) is 12.0. The van der Waals surface area contributed by atoms with Gasteiger partial charge in [0.1, 0.15) is 0 Å². The third-order valence-corrected chi connectivity index (χ3v) is 4.15. The third-order valence-electron chi connectivity index (χ3n) is 1.99. The molecule has 0 aliphatic carbocycles. The number of nitrogens with zero attached hydrogens (tertiary/aromatic N) is 1. The lowest BCUT2D eigenvalue weighted by Crippen LogP contribution is -2.26. The van der Waals surface area contributed by atoms with Crippen LogP contribution in [0.15, 0.2) is 15.2 Å². The highest BCUT2D eigenvalue weighted by atomic mass is 79.9. The molecule has 0 atom stereocenters. The highest BCUT2D eigenvalue weighted by molar-refractivity contribution is 9.11. The molecule has 15 heavy (non-hydrogen) atoms. The van der Waals surface area contributed by atoms with Gasteiger partial charge in [-0.3, -0.25) is 4.79 Å². The second-order valence-corrected chi connectivity index (χ2v) is 6.53. The molecule has 0 spiro atoms. The van der Waals surface area contributed by atoms with Crippen molar-refractivity contribution in [2.75, 3.05) is 19.1 Å². The highest BCUT2D eigenvalue weighted by Crippen LogP contribution is 2.21. The Bertz CT molecular complexity index is 327. The normalized spacial score (nSPS) is 10.3. The molecule has 0 fully saturated rings. The minimum Gasteiger partial charge on any atom is -0.341 e. The van der Waals surface area contributed by atoms with Crippen molar-refractivity contribution in [3.63, 3.8) is 0 Å². The van der Waals surface area contributed by atoms with Crippen molar-refractivity contribution in [3.8, 4) is 0 Å². The van der Waals surface area contributed by atoms with E-state index in [1.807, 2.05) is 13.3 Å². The number of amides is 1. The molecular weight excluding hydrogens is 294 g/mol. The number of hydrogen-bond donors (Lipinski definition) is 0. The van der Waals surface area contributed by atoms with E-state index in [1.165, 1.54) is 5.56 Å². The van der Waals surface area contributed by atoms with Gasteiger partial charge >= 0.3 is 0 Å². The first kappa shape index (κ1) is 13.1. The van der Waals surface area contributed by atoms with Gasteiger partial charge in [0.2, 0.25) is 5.91 Å². The van der Waals surface area contributed by atoms with Crippen molar-refractivity contribution in [1.29, 1.82) is 0 Å². The Hall–Kier alpha value is -0.000000000000000111. The van der Waals surface area contributed by atoms with E-state index in [-0.39, 0.29) is 5.91 Å². The van der Waals surface area contributed by atoms with Gasteiger partial charge in [-0.1, -0.05) is 0 Å². The van der Waals surface area contributed by atoms with Crippen LogP contribution in [-0.2, 0) is 11.3 Å². The predicted octanol–water partition coefficient (Wildman–Crippen LogP) is 3.22. The first-order valence-corrected chi connectivity index (χ1v) is 7.66. The summed E-state index contributed by atoms with van der Waals surface area (Å²) in [5.74, 6) is 1.11. The SMILES string of the molecule is CSCCC(=O)N(C)Cc1csc(Br)c1. The second-order valence-electron chi connectivity index (χ2n) is 3.25. The molecule has 0 aliphatic heterocycles. The van der Waals surface area contributed by atoms with Crippen molar-refractivity contribution >= 4 is 44.9 Å². The number of carbonyl (C=O) groups excluding carboxylic acids is 1. The summed E-state index contributed by atoms with van der Waals surface area (Å²) in [6, 6.07) is 2.06. The summed E-state index contributed by atoms with van der Waals surface area (Å²) in [6.07, 6.45) is 2.65. The molecule has 0 aromatic carbocycles. The maximum atomic E-state index is 11.6. The molecule has 84 valence electrons. The number of hydrogen-bond acceptors (Lipinski definition) is 3. The minimum absolute atomic E-state index is 0.215. The molecule has 0 saturated heterocycles. The Kier molecular flexibility index (Phi) is 5.71. The summed E-state index contributed by atoms with van der Waals surface area (Å²) in [6.45, 7) is 0.704. The maximum Gasteiger partial charge on any atom is 0.223 e. The number of halogens is 1. The molecule has 0 bridgehead atoms. The van der Waals surface area contributed by atoms with Gasteiger partial charge in [-0.25, -0.2) is 0 Å². The standard InChI is InChI=1S/C10H14BrNOS2/c1-12(10(13)3-4-14-2)6-8-5-9(11)15-7-8/h5,7H,3-4,6H2,1-2H3. The third kappa shape index (κ3) is 4.57. The van der Waals surface area contributed by atoms with Crippen molar-refractivity contribution in [2.24, 2.45) is 0 Å². The molecule has 0 N–H and O–H groups in total. The Morgan fingerprint density at radius 2 is 2.40 bits per heavy atom. The molecule has 1 rings (SSSR count). The van der Waals surface area contributed by atoms with Crippen LogP contribution < -0.4 is 0 Å². The van der Waals surface area contributed by atoms with Crippen LogP contribution >= 0.6 is 39.0 Å². The molecule has 5 heteroatoms. The Morgan fingerprint density at radius 3 is 2.93 bits per heavy atom. The van der Waals surface area contributed by atoms with E-state index in [1.54, 1.807) is 28.0 Å². The quantitative estimate of drug-likeness (QED) is 0.832. The first-order chi connectivity index (χ1) is 7.13. The van der Waals surface area contributed by atoms with Gasteiger partial charge in [0.25, 0.3) is 0 Å². The summed E-state index contributed by atoms with van der Waals surface area (Å²) in [4.78, 5) is 13.4. The number of carbonyl (C=O) groups is 1. The second kappa shape index (κ2) is 6.55. The lowest BCUT2D eigenvalue weighted by atomic mass is 10.3. The summed E-state index contributed by atoms with van der Waals surface area (Å²) in [7, 11) is 1.86. The zero-order valence-electron chi connectivity index (χ0n) is 8.83. The lowest BCUT2D eigenvalue weighted by molar-refractivity contribution is -0.129. The highest BCUT2D eigenvalue weighted by Gasteiger charge is 2.09. The van der Waals surface area contributed by atoms with Crippen molar-refractivity contribution in [2.45, 2.75) is 13.0 Å². The fourth-order valence-electron chi connectivity index (χ4n) is 1.17. The molecule has 1 aromatic rings. The van der Waals surface area contributed by atoms with E-state index in [2.05, 4.69) is 27.4 Å². The van der Waals surface area contributed by atoms with Gasteiger partial charge in [-0.2, -0.15) is 11.8 Å². The van der Waals surface area contributed by atoms with Gasteiger partial charge in [-0.15, -0.1) is 11.3 Å². The Morgan fingerprint density at radius 1 is 1.67 bits per heavy atom. The molecule has 1 amide bonds. The summed E-state index contributed by atoms with van der Waals surface area (Å²) >= 11 is 6.77. The van der Waals surface area contributed by atoms with Crippen LogP contribution in [0.4, 0.5) is 0 Å². The molecule has 0 aliphatic rings. The zero-order chi connectivity index (χ0) is 11.3. The van der Waals surface area contributed by atoms with E-state index < -0.39 is 0 Å². The largest absolute Gasteiger partial charge is 0.341 e. The van der Waals surface area contributed by atoms with Gasteiger partial charge in [0, 0.05) is 25.8 Å². The number of rotatable bonds is 5. The number of thiophene rings is 1. The van der Waals surface area contributed by atoms with Crippen LogP contribution in [0, 0.1) is 0 Å². The van der Waals surface area contributed by atoms with Crippen molar-refractivity contribution < 1.29 is 4.79 Å².